The lowest BCUT2D eigenvalue weighted by atomic mass is 10.1. The Labute approximate surface area is 174 Å². The van der Waals surface area contributed by atoms with Crippen molar-refractivity contribution in [2.75, 3.05) is 50.8 Å². The number of amides is 3. The van der Waals surface area contributed by atoms with Gasteiger partial charge in [0.05, 0.1) is 18.1 Å². The van der Waals surface area contributed by atoms with E-state index in [0.29, 0.717) is 31.2 Å². The van der Waals surface area contributed by atoms with Crippen molar-refractivity contribution in [3.05, 3.63) is 34.2 Å². The van der Waals surface area contributed by atoms with E-state index in [1.807, 2.05) is 12.1 Å². The molecule has 0 bridgehead atoms. The molecule has 3 saturated heterocycles. The van der Waals surface area contributed by atoms with Crippen molar-refractivity contribution in [3.63, 3.8) is 0 Å². The van der Waals surface area contributed by atoms with Crippen LogP contribution in [0.25, 0.3) is 6.08 Å². The first-order valence-electron chi connectivity index (χ1n) is 9.99. The van der Waals surface area contributed by atoms with E-state index < -0.39 is 11.1 Å². The van der Waals surface area contributed by atoms with E-state index in [1.165, 1.54) is 18.5 Å². The third-order valence-electron chi connectivity index (χ3n) is 5.50. The molecule has 7 nitrogen and oxygen atoms in total. The average molecular weight is 416 g/mol. The standard InChI is InChI=1S/C21H25N3O4S/c1-15-12-16(4-5-17(15)22-6-2-3-7-22)13-18-20(26)24(21(27)29-18)14-19(25)23-8-10-28-11-9-23/h4-5,12-13H,2-3,6-11,14H2,1H3/b18-13+. The summed E-state index contributed by atoms with van der Waals surface area (Å²) in [6.07, 6.45) is 4.18. The van der Waals surface area contributed by atoms with E-state index in [9.17, 15) is 14.4 Å². The molecule has 3 aliphatic rings. The number of imide groups is 1. The molecule has 8 heteroatoms. The van der Waals surface area contributed by atoms with Gasteiger partial charge in [-0.2, -0.15) is 0 Å². The molecule has 0 aliphatic carbocycles. The number of hydrogen-bond acceptors (Lipinski definition) is 6. The molecular weight excluding hydrogens is 390 g/mol. The lowest BCUT2D eigenvalue weighted by molar-refractivity contribution is -0.139. The number of ether oxygens (including phenoxy) is 1. The number of hydrogen-bond donors (Lipinski definition) is 0. The number of rotatable bonds is 4. The molecule has 1 aromatic carbocycles. The van der Waals surface area contributed by atoms with Crippen LogP contribution in [-0.2, 0) is 14.3 Å². The van der Waals surface area contributed by atoms with Gasteiger partial charge in [-0.15, -0.1) is 0 Å². The molecule has 0 N–H and O–H groups in total. The highest BCUT2D eigenvalue weighted by atomic mass is 32.2. The van der Waals surface area contributed by atoms with Gasteiger partial charge < -0.3 is 14.5 Å². The second-order valence-corrected chi connectivity index (χ2v) is 8.49. The maximum Gasteiger partial charge on any atom is 0.294 e. The predicted octanol–water partition coefficient (Wildman–Crippen LogP) is 2.49. The van der Waals surface area contributed by atoms with Crippen LogP contribution >= 0.6 is 11.8 Å². The Morgan fingerprint density at radius 3 is 2.55 bits per heavy atom. The molecule has 3 amide bonds. The second kappa shape index (κ2) is 8.59. The molecule has 3 heterocycles. The van der Waals surface area contributed by atoms with Crippen molar-refractivity contribution in [2.24, 2.45) is 0 Å². The highest BCUT2D eigenvalue weighted by molar-refractivity contribution is 8.18. The van der Waals surface area contributed by atoms with Gasteiger partial charge in [0.2, 0.25) is 5.91 Å². The Hall–Kier alpha value is -2.32. The summed E-state index contributed by atoms with van der Waals surface area (Å²) < 4.78 is 5.24. The lowest BCUT2D eigenvalue weighted by Gasteiger charge is -2.28. The van der Waals surface area contributed by atoms with Crippen LogP contribution in [0.2, 0.25) is 0 Å². The first-order valence-corrected chi connectivity index (χ1v) is 10.8. The van der Waals surface area contributed by atoms with Gasteiger partial charge in [0.25, 0.3) is 11.1 Å². The maximum atomic E-state index is 12.7. The Morgan fingerprint density at radius 1 is 1.14 bits per heavy atom. The fraction of sp³-hybridized carbons (Fsp3) is 0.476. The SMILES string of the molecule is Cc1cc(/C=C2/SC(=O)N(CC(=O)N3CCOCC3)C2=O)ccc1N1CCCC1. The zero-order valence-corrected chi connectivity index (χ0v) is 17.4. The quantitative estimate of drug-likeness (QED) is 0.704. The molecule has 3 fully saturated rings. The topological polar surface area (TPSA) is 70.2 Å². The molecule has 3 aliphatic heterocycles. The average Bonchev–Trinajstić information content (AvgIpc) is 3.33. The first-order chi connectivity index (χ1) is 14.0. The molecular formula is C21H25N3O4S. The van der Waals surface area contributed by atoms with E-state index in [1.54, 1.807) is 11.0 Å². The van der Waals surface area contributed by atoms with Crippen LogP contribution in [0.15, 0.2) is 23.1 Å². The number of morpholine rings is 1. The van der Waals surface area contributed by atoms with E-state index >= 15 is 0 Å². The smallest absolute Gasteiger partial charge is 0.294 e. The molecule has 1 aromatic rings. The van der Waals surface area contributed by atoms with Crippen molar-refractivity contribution in [3.8, 4) is 0 Å². The van der Waals surface area contributed by atoms with E-state index in [4.69, 9.17) is 4.74 Å². The molecule has 0 radical (unpaired) electrons. The Morgan fingerprint density at radius 2 is 1.86 bits per heavy atom. The van der Waals surface area contributed by atoms with Crippen molar-refractivity contribution < 1.29 is 19.1 Å². The van der Waals surface area contributed by atoms with Crippen LogP contribution in [0, 0.1) is 6.92 Å². The zero-order chi connectivity index (χ0) is 20.4. The Kier molecular flexibility index (Phi) is 5.91. The Balaban J connectivity index is 1.45. The highest BCUT2D eigenvalue weighted by Crippen LogP contribution is 2.33. The third-order valence-corrected chi connectivity index (χ3v) is 6.40. The monoisotopic (exact) mass is 415 g/mol. The van der Waals surface area contributed by atoms with Gasteiger partial charge in [0, 0.05) is 31.9 Å². The zero-order valence-electron chi connectivity index (χ0n) is 16.6. The van der Waals surface area contributed by atoms with Gasteiger partial charge in [-0.25, -0.2) is 0 Å². The molecule has 29 heavy (non-hydrogen) atoms. The van der Waals surface area contributed by atoms with E-state index in [2.05, 4.69) is 17.9 Å². The minimum atomic E-state index is -0.400. The summed E-state index contributed by atoms with van der Waals surface area (Å²) in [7, 11) is 0. The van der Waals surface area contributed by atoms with Crippen LogP contribution in [0.5, 0.6) is 0 Å². The summed E-state index contributed by atoms with van der Waals surface area (Å²) in [4.78, 5) is 42.9. The summed E-state index contributed by atoms with van der Waals surface area (Å²) >= 11 is 0.893. The number of benzene rings is 1. The summed E-state index contributed by atoms with van der Waals surface area (Å²) in [5, 5.41) is -0.395. The number of thioether (sulfide) groups is 1. The lowest BCUT2D eigenvalue weighted by Crippen LogP contribution is -2.46. The van der Waals surface area contributed by atoms with Gasteiger partial charge in [-0.3, -0.25) is 19.3 Å². The minimum Gasteiger partial charge on any atom is -0.378 e. The summed E-state index contributed by atoms with van der Waals surface area (Å²) in [6, 6.07) is 6.10. The first kappa shape index (κ1) is 20.0. The third kappa shape index (κ3) is 4.33. The molecule has 0 spiro atoms. The number of anilines is 1. The molecule has 0 saturated carbocycles. The van der Waals surface area contributed by atoms with Crippen molar-refractivity contribution >= 4 is 40.6 Å². The van der Waals surface area contributed by atoms with Gasteiger partial charge >= 0.3 is 0 Å². The molecule has 154 valence electrons. The molecule has 0 atom stereocenters. The predicted molar refractivity (Wildman–Crippen MR) is 113 cm³/mol. The summed E-state index contributed by atoms with van der Waals surface area (Å²) in [5.74, 6) is -0.620. The van der Waals surface area contributed by atoms with Crippen molar-refractivity contribution in [2.45, 2.75) is 19.8 Å². The molecule has 0 unspecified atom stereocenters. The summed E-state index contributed by atoms with van der Waals surface area (Å²) in [5.41, 5.74) is 3.27. The Bertz CT molecular complexity index is 857. The van der Waals surface area contributed by atoms with Gasteiger partial charge in [-0.05, 0) is 60.9 Å². The normalized spacial score (nSPS) is 21.6. The minimum absolute atomic E-state index is 0.213. The van der Waals surface area contributed by atoms with Crippen LogP contribution in [0.4, 0.5) is 10.5 Å². The largest absolute Gasteiger partial charge is 0.378 e. The van der Waals surface area contributed by atoms with Crippen LogP contribution in [0.3, 0.4) is 0 Å². The van der Waals surface area contributed by atoms with Crippen LogP contribution in [-0.4, -0.2) is 72.8 Å². The van der Waals surface area contributed by atoms with E-state index in [0.717, 1.165) is 40.9 Å². The van der Waals surface area contributed by atoms with Gasteiger partial charge in [-0.1, -0.05) is 6.07 Å². The van der Waals surface area contributed by atoms with E-state index in [-0.39, 0.29) is 12.5 Å². The summed E-state index contributed by atoms with van der Waals surface area (Å²) in [6.45, 7) is 5.97. The second-order valence-electron chi connectivity index (χ2n) is 7.50. The number of aryl methyl sites for hydroxylation is 1. The maximum absolute atomic E-state index is 12.7. The van der Waals surface area contributed by atoms with Gasteiger partial charge in [0.15, 0.2) is 0 Å². The molecule has 4 rings (SSSR count). The number of carbonyl (C=O) groups is 3. The van der Waals surface area contributed by atoms with Crippen molar-refractivity contribution in [1.82, 2.24) is 9.80 Å². The number of nitrogens with zero attached hydrogens (tertiary/aromatic N) is 3. The van der Waals surface area contributed by atoms with Crippen molar-refractivity contribution in [1.29, 1.82) is 0 Å². The van der Waals surface area contributed by atoms with Gasteiger partial charge in [0.1, 0.15) is 6.54 Å². The molecule has 0 aromatic heterocycles. The number of carbonyl (C=O) groups excluding carboxylic acids is 3. The highest BCUT2D eigenvalue weighted by Gasteiger charge is 2.37. The van der Waals surface area contributed by atoms with Crippen LogP contribution < -0.4 is 4.90 Å². The fourth-order valence-corrected chi connectivity index (χ4v) is 4.76. The van der Waals surface area contributed by atoms with Crippen LogP contribution in [0.1, 0.15) is 24.0 Å². The fourth-order valence-electron chi connectivity index (χ4n) is 3.92.